The third-order valence-corrected chi connectivity index (χ3v) is 12.2. The monoisotopic (exact) mass is 916 g/mol. The van der Waals surface area contributed by atoms with Crippen LogP contribution in [0.4, 0.5) is 0 Å². The highest BCUT2D eigenvalue weighted by molar-refractivity contribution is 5.85. The van der Waals surface area contributed by atoms with E-state index < -0.39 is 0 Å². The highest BCUT2D eigenvalue weighted by atomic mass is 35.5. The molecular formula is C48H66Cl2N2O11. The van der Waals surface area contributed by atoms with Crippen LogP contribution >= 0.6 is 24.8 Å². The van der Waals surface area contributed by atoms with Crippen LogP contribution in [0.2, 0.25) is 0 Å². The number of aryl methyl sites for hydroxylation is 2. The van der Waals surface area contributed by atoms with Gasteiger partial charge in [-0.1, -0.05) is 0 Å². The van der Waals surface area contributed by atoms with Gasteiger partial charge in [-0.2, -0.15) is 0 Å². The smallest absolute Gasteiger partial charge is 0.161 e. The van der Waals surface area contributed by atoms with Gasteiger partial charge in [-0.05, 0) is 132 Å². The van der Waals surface area contributed by atoms with Crippen LogP contribution in [0.5, 0.6) is 46.0 Å². The lowest BCUT2D eigenvalue weighted by molar-refractivity contribution is 0.0247. The molecule has 0 aliphatic carbocycles. The fourth-order valence-corrected chi connectivity index (χ4v) is 9.03. The van der Waals surface area contributed by atoms with Gasteiger partial charge in [0, 0.05) is 52.5 Å². The zero-order valence-electron chi connectivity index (χ0n) is 38.0. The molecule has 15 heteroatoms. The van der Waals surface area contributed by atoms with Crippen molar-refractivity contribution >= 4 is 24.8 Å². The molecule has 0 aromatic heterocycles. The molecule has 0 amide bonds. The van der Waals surface area contributed by atoms with Crippen LogP contribution in [-0.2, 0) is 48.2 Å². The van der Waals surface area contributed by atoms with Crippen LogP contribution in [-0.4, -0.2) is 112 Å². The zero-order valence-corrected chi connectivity index (χ0v) is 39.6. The first-order valence-electron chi connectivity index (χ1n) is 21.0. The van der Waals surface area contributed by atoms with Gasteiger partial charge in [0.2, 0.25) is 0 Å². The van der Waals surface area contributed by atoms with Crippen molar-refractivity contribution in [1.82, 2.24) is 9.80 Å². The molecule has 13 nitrogen and oxygen atoms in total. The third kappa shape index (κ3) is 11.7. The molecule has 0 spiro atoms. The van der Waals surface area contributed by atoms with Crippen LogP contribution in [0.3, 0.4) is 0 Å². The van der Waals surface area contributed by atoms with E-state index in [0.29, 0.717) is 0 Å². The molecule has 4 aliphatic heterocycles. The van der Waals surface area contributed by atoms with Gasteiger partial charge >= 0.3 is 0 Å². The fourth-order valence-electron chi connectivity index (χ4n) is 9.03. The van der Waals surface area contributed by atoms with Gasteiger partial charge < -0.3 is 52.8 Å². The molecule has 8 rings (SSSR count). The van der Waals surface area contributed by atoms with Crippen LogP contribution in [0.1, 0.15) is 69.6 Å². The number of methoxy groups -OCH3 is 8. The highest BCUT2D eigenvalue weighted by Crippen LogP contribution is 2.40. The van der Waals surface area contributed by atoms with E-state index in [4.69, 9.17) is 47.4 Å². The molecule has 2 unspecified atom stereocenters. The average molecular weight is 918 g/mol. The van der Waals surface area contributed by atoms with Crippen LogP contribution < -0.4 is 37.9 Å². The fraction of sp³-hybridized carbons (Fsp3) is 0.500. The lowest BCUT2D eigenvalue weighted by Crippen LogP contribution is -2.34. The standard InChI is InChI=1S/2C24H31NO5.2ClH.H2O/c2*1-26-20-10-16-7-8-25(14-18(16)12-22(20)28-3)15-24-19-13-23(29-4)21(27-2)11-17(19)6-5-9-30-24;;;/h2*10-13,24H,5-9,14-15H2,1-4H3;2*1H;1H2. The van der Waals surface area contributed by atoms with Gasteiger partial charge in [0.25, 0.3) is 0 Å². The van der Waals surface area contributed by atoms with Crippen LogP contribution in [0, 0.1) is 0 Å². The van der Waals surface area contributed by atoms with E-state index in [-0.39, 0.29) is 42.5 Å². The van der Waals surface area contributed by atoms with Crippen molar-refractivity contribution in [2.75, 3.05) is 96.3 Å². The number of halogens is 2. The Kier molecular flexibility index (Phi) is 19.6. The average Bonchev–Trinajstić information content (AvgIpc) is 3.61. The predicted octanol–water partition coefficient (Wildman–Crippen LogP) is 7.59. The van der Waals surface area contributed by atoms with Crippen molar-refractivity contribution in [3.63, 3.8) is 0 Å². The summed E-state index contributed by atoms with van der Waals surface area (Å²) in [7, 11) is 13.5. The molecule has 0 saturated carbocycles. The summed E-state index contributed by atoms with van der Waals surface area (Å²) >= 11 is 0. The lowest BCUT2D eigenvalue weighted by Gasteiger charge is -2.32. The van der Waals surface area contributed by atoms with Crippen molar-refractivity contribution in [3.8, 4) is 46.0 Å². The predicted molar refractivity (Wildman–Crippen MR) is 248 cm³/mol. The summed E-state index contributed by atoms with van der Waals surface area (Å²) in [5.41, 5.74) is 10.2. The van der Waals surface area contributed by atoms with E-state index >= 15 is 0 Å². The Balaban J connectivity index is 0.000000264. The van der Waals surface area contributed by atoms with E-state index in [2.05, 4.69) is 58.3 Å². The van der Waals surface area contributed by atoms with E-state index in [1.54, 1.807) is 56.9 Å². The second kappa shape index (κ2) is 24.1. The Morgan fingerprint density at radius 1 is 0.413 bits per heavy atom. The molecule has 0 saturated heterocycles. The first kappa shape index (κ1) is 51.3. The minimum absolute atomic E-state index is 0. The van der Waals surface area contributed by atoms with Gasteiger partial charge in [0.05, 0.1) is 69.1 Å². The summed E-state index contributed by atoms with van der Waals surface area (Å²) in [6, 6.07) is 16.8. The summed E-state index contributed by atoms with van der Waals surface area (Å²) < 4.78 is 56.6. The number of hydrogen-bond donors (Lipinski definition) is 0. The topological polar surface area (TPSA) is 130 Å². The summed E-state index contributed by atoms with van der Waals surface area (Å²) in [5, 5.41) is 0. The molecule has 63 heavy (non-hydrogen) atoms. The van der Waals surface area contributed by atoms with Gasteiger partial charge in [-0.25, -0.2) is 0 Å². The number of rotatable bonds is 12. The molecule has 348 valence electrons. The Morgan fingerprint density at radius 2 is 0.698 bits per heavy atom. The summed E-state index contributed by atoms with van der Waals surface area (Å²) in [4.78, 5) is 4.93. The van der Waals surface area contributed by atoms with E-state index in [1.807, 2.05) is 0 Å². The molecule has 4 aliphatic rings. The maximum Gasteiger partial charge on any atom is 0.161 e. The third-order valence-electron chi connectivity index (χ3n) is 12.2. The molecule has 0 bridgehead atoms. The molecular weight excluding hydrogens is 851 g/mol. The first-order valence-corrected chi connectivity index (χ1v) is 21.0. The molecule has 2 atom stereocenters. The Bertz CT molecular complexity index is 1960. The van der Waals surface area contributed by atoms with Crippen molar-refractivity contribution < 1.29 is 52.8 Å². The van der Waals surface area contributed by atoms with E-state index in [0.717, 1.165) is 137 Å². The van der Waals surface area contributed by atoms with Crippen molar-refractivity contribution in [1.29, 1.82) is 0 Å². The molecule has 4 aromatic carbocycles. The highest BCUT2D eigenvalue weighted by Gasteiger charge is 2.29. The van der Waals surface area contributed by atoms with Crippen molar-refractivity contribution in [2.45, 2.75) is 63.8 Å². The maximum atomic E-state index is 6.29. The SMILES string of the molecule is COc1cc2c(cc1OC)CN(CC1OCCCc3cc(OC)c(OC)cc31)CC2.COc1cc2c(cc1OC)CN(CC1OCCCc3cc(OC)c(OC)cc31)CC2.Cl.Cl.O. The number of fused-ring (bicyclic) bond motifs is 4. The number of ether oxygens (including phenoxy) is 10. The Labute approximate surface area is 385 Å². The van der Waals surface area contributed by atoms with Crippen LogP contribution in [0.15, 0.2) is 48.5 Å². The van der Waals surface area contributed by atoms with Crippen molar-refractivity contribution in [2.24, 2.45) is 0 Å². The van der Waals surface area contributed by atoms with Crippen LogP contribution in [0.25, 0.3) is 0 Å². The van der Waals surface area contributed by atoms with Gasteiger partial charge in [-0.15, -0.1) is 24.8 Å². The largest absolute Gasteiger partial charge is 0.493 e. The molecule has 4 heterocycles. The summed E-state index contributed by atoms with van der Waals surface area (Å²) in [5.74, 6) is 6.24. The molecule has 0 radical (unpaired) electrons. The molecule has 4 aromatic rings. The normalized spacial score (nSPS) is 17.8. The minimum Gasteiger partial charge on any atom is -0.493 e. The summed E-state index contributed by atoms with van der Waals surface area (Å²) in [6.45, 7) is 6.94. The number of nitrogens with zero attached hydrogens (tertiary/aromatic N) is 2. The second-order valence-electron chi connectivity index (χ2n) is 15.7. The minimum atomic E-state index is 0. The van der Waals surface area contributed by atoms with Gasteiger partial charge in [-0.3, -0.25) is 9.80 Å². The summed E-state index contributed by atoms with van der Waals surface area (Å²) in [6.07, 6.45) is 6.02. The Hall–Kier alpha value is -4.34. The van der Waals surface area contributed by atoms with Gasteiger partial charge in [0.1, 0.15) is 0 Å². The molecule has 0 fully saturated rings. The molecule has 2 N–H and O–H groups in total. The quantitative estimate of drug-likeness (QED) is 0.139. The Morgan fingerprint density at radius 3 is 1.02 bits per heavy atom. The van der Waals surface area contributed by atoms with E-state index in [9.17, 15) is 0 Å². The number of benzene rings is 4. The zero-order chi connectivity index (χ0) is 42.2. The lowest BCUT2D eigenvalue weighted by atomic mass is 9.96. The van der Waals surface area contributed by atoms with Crippen molar-refractivity contribution in [3.05, 3.63) is 93.0 Å². The first-order chi connectivity index (χ1) is 29.3. The number of hydrogen-bond acceptors (Lipinski definition) is 12. The van der Waals surface area contributed by atoms with E-state index in [1.165, 1.54) is 44.5 Å². The van der Waals surface area contributed by atoms with Gasteiger partial charge in [0.15, 0.2) is 46.0 Å². The maximum absolute atomic E-state index is 6.29. The second-order valence-corrected chi connectivity index (χ2v) is 15.7.